The molecule has 0 saturated carbocycles. The van der Waals surface area contributed by atoms with Gasteiger partial charge in [-0.05, 0) is 48.9 Å². The van der Waals surface area contributed by atoms with E-state index in [1.807, 2.05) is 0 Å². The molecule has 1 aliphatic heterocycles. The van der Waals surface area contributed by atoms with Crippen LogP contribution < -0.4 is 0 Å². The van der Waals surface area contributed by atoms with Crippen molar-refractivity contribution in [3.05, 3.63) is 59.5 Å². The van der Waals surface area contributed by atoms with Gasteiger partial charge in [-0.2, -0.15) is 0 Å². The first kappa shape index (κ1) is 19.0. The number of hydrogen-bond donors (Lipinski definition) is 0. The SMILES string of the molecule is CCS(=O)(=O)c1ccc2oc([C@H]3CCN(Cc4ccc(F)c(F)c4)C3)nc2c1. The highest BCUT2D eigenvalue weighted by Crippen LogP contribution is 2.31. The second-order valence-electron chi connectivity index (χ2n) is 7.05. The zero-order chi connectivity index (χ0) is 19.9. The van der Waals surface area contributed by atoms with Crippen molar-refractivity contribution in [1.29, 1.82) is 0 Å². The highest BCUT2D eigenvalue weighted by atomic mass is 32.2. The molecule has 1 aromatic heterocycles. The van der Waals surface area contributed by atoms with Crippen LogP contribution in [0.4, 0.5) is 8.78 Å². The molecule has 1 saturated heterocycles. The Morgan fingerprint density at radius 1 is 1.18 bits per heavy atom. The van der Waals surface area contributed by atoms with Crippen molar-refractivity contribution in [2.24, 2.45) is 0 Å². The van der Waals surface area contributed by atoms with Gasteiger partial charge in [0, 0.05) is 19.0 Å². The first-order chi connectivity index (χ1) is 13.4. The number of nitrogens with zero attached hydrogens (tertiary/aromatic N) is 2. The smallest absolute Gasteiger partial charge is 0.199 e. The average molecular weight is 406 g/mol. The molecule has 4 rings (SSSR count). The standard InChI is InChI=1S/C20H20F2N2O3S/c1-2-28(25,26)15-4-6-19-18(10-15)23-20(27-19)14-7-8-24(12-14)11-13-3-5-16(21)17(22)9-13/h3-6,9-10,14H,2,7-8,11-12H2,1H3/t14-/m0/s1. The number of oxazole rings is 1. The van der Waals surface area contributed by atoms with E-state index in [4.69, 9.17) is 4.42 Å². The van der Waals surface area contributed by atoms with E-state index >= 15 is 0 Å². The molecular formula is C20H20F2N2O3S. The van der Waals surface area contributed by atoms with E-state index in [1.54, 1.807) is 31.2 Å². The monoisotopic (exact) mass is 406 g/mol. The quantitative estimate of drug-likeness (QED) is 0.643. The number of benzene rings is 2. The third-order valence-corrected chi connectivity index (χ3v) is 6.86. The van der Waals surface area contributed by atoms with E-state index in [1.165, 1.54) is 6.07 Å². The summed E-state index contributed by atoms with van der Waals surface area (Å²) >= 11 is 0. The number of aromatic nitrogens is 1. The van der Waals surface area contributed by atoms with Crippen LogP contribution in [0, 0.1) is 11.6 Å². The summed E-state index contributed by atoms with van der Waals surface area (Å²) in [5.41, 5.74) is 1.80. The third-order valence-electron chi connectivity index (χ3n) is 5.13. The second-order valence-corrected chi connectivity index (χ2v) is 9.33. The Labute approximate surface area is 161 Å². The van der Waals surface area contributed by atoms with Gasteiger partial charge in [-0.25, -0.2) is 22.2 Å². The molecule has 0 spiro atoms. The first-order valence-corrected chi connectivity index (χ1v) is 10.8. The average Bonchev–Trinajstić information content (AvgIpc) is 3.30. The Hall–Kier alpha value is -2.32. The van der Waals surface area contributed by atoms with Crippen LogP contribution in [0.15, 0.2) is 45.7 Å². The predicted octanol–water partition coefficient (Wildman–Crippen LogP) is 3.89. The lowest BCUT2D eigenvalue weighted by molar-refractivity contribution is 0.320. The van der Waals surface area contributed by atoms with Crippen molar-refractivity contribution in [3.8, 4) is 0 Å². The Morgan fingerprint density at radius 3 is 2.75 bits per heavy atom. The van der Waals surface area contributed by atoms with Gasteiger partial charge in [-0.1, -0.05) is 13.0 Å². The minimum atomic E-state index is -3.30. The molecule has 0 aliphatic carbocycles. The van der Waals surface area contributed by atoms with Crippen LogP contribution in [-0.2, 0) is 16.4 Å². The molecule has 0 amide bonds. The molecule has 0 unspecified atom stereocenters. The number of halogens is 2. The van der Waals surface area contributed by atoms with Crippen LogP contribution in [0.3, 0.4) is 0 Å². The highest BCUT2D eigenvalue weighted by Gasteiger charge is 2.28. The van der Waals surface area contributed by atoms with Crippen LogP contribution in [0.2, 0.25) is 0 Å². The van der Waals surface area contributed by atoms with Gasteiger partial charge in [-0.15, -0.1) is 0 Å². The van der Waals surface area contributed by atoms with Gasteiger partial charge in [0.05, 0.1) is 10.6 Å². The minimum Gasteiger partial charge on any atom is -0.440 e. The van der Waals surface area contributed by atoms with Gasteiger partial charge >= 0.3 is 0 Å². The lowest BCUT2D eigenvalue weighted by Gasteiger charge is -2.15. The summed E-state index contributed by atoms with van der Waals surface area (Å²) in [5, 5.41) is 0. The zero-order valence-corrected chi connectivity index (χ0v) is 16.2. The Morgan fingerprint density at radius 2 is 2.00 bits per heavy atom. The van der Waals surface area contributed by atoms with Crippen molar-refractivity contribution in [2.75, 3.05) is 18.8 Å². The van der Waals surface area contributed by atoms with E-state index in [-0.39, 0.29) is 16.6 Å². The van der Waals surface area contributed by atoms with Crippen molar-refractivity contribution < 1.29 is 21.6 Å². The summed E-state index contributed by atoms with van der Waals surface area (Å²) in [6.45, 7) is 3.60. The summed E-state index contributed by atoms with van der Waals surface area (Å²) in [7, 11) is -3.30. The fraction of sp³-hybridized carbons (Fsp3) is 0.350. The number of rotatable bonds is 5. The largest absolute Gasteiger partial charge is 0.440 e. The third kappa shape index (κ3) is 3.66. The fourth-order valence-electron chi connectivity index (χ4n) is 3.53. The van der Waals surface area contributed by atoms with Gasteiger partial charge in [0.25, 0.3) is 0 Å². The van der Waals surface area contributed by atoms with Crippen molar-refractivity contribution in [1.82, 2.24) is 9.88 Å². The molecule has 1 aliphatic rings. The van der Waals surface area contributed by atoms with E-state index in [0.717, 1.165) is 19.0 Å². The van der Waals surface area contributed by atoms with Gasteiger partial charge in [0.1, 0.15) is 5.52 Å². The second kappa shape index (κ2) is 7.25. The summed E-state index contributed by atoms with van der Waals surface area (Å²) in [5.74, 6) is -1.01. The molecule has 148 valence electrons. The topological polar surface area (TPSA) is 63.4 Å². The molecule has 2 aromatic carbocycles. The minimum absolute atomic E-state index is 0.0325. The molecule has 0 radical (unpaired) electrons. The maximum absolute atomic E-state index is 13.4. The lowest BCUT2D eigenvalue weighted by Crippen LogP contribution is -2.20. The fourth-order valence-corrected chi connectivity index (χ4v) is 4.43. The number of fused-ring (bicyclic) bond motifs is 1. The van der Waals surface area contributed by atoms with Gasteiger partial charge in [0.2, 0.25) is 0 Å². The zero-order valence-electron chi connectivity index (χ0n) is 15.4. The Bertz CT molecular complexity index is 1130. The molecule has 0 bridgehead atoms. The lowest BCUT2D eigenvalue weighted by atomic mass is 10.1. The maximum atomic E-state index is 13.4. The Balaban J connectivity index is 1.50. The van der Waals surface area contributed by atoms with Crippen LogP contribution in [0.1, 0.15) is 30.7 Å². The number of likely N-dealkylation sites (tertiary alicyclic amines) is 1. The molecular weight excluding hydrogens is 386 g/mol. The Kier molecular flexibility index (Phi) is 4.93. The molecule has 28 heavy (non-hydrogen) atoms. The first-order valence-electron chi connectivity index (χ1n) is 9.15. The molecule has 8 heteroatoms. The molecule has 1 atom stereocenters. The molecule has 3 aromatic rings. The maximum Gasteiger partial charge on any atom is 0.199 e. The normalized spacial score (nSPS) is 18.2. The molecule has 1 fully saturated rings. The molecule has 2 heterocycles. The van der Waals surface area contributed by atoms with Gasteiger partial charge < -0.3 is 4.42 Å². The summed E-state index contributed by atoms with van der Waals surface area (Å²) < 4.78 is 56.4. The number of sulfone groups is 1. The summed E-state index contributed by atoms with van der Waals surface area (Å²) in [6, 6.07) is 8.68. The van der Waals surface area contributed by atoms with E-state index in [2.05, 4.69) is 9.88 Å². The highest BCUT2D eigenvalue weighted by molar-refractivity contribution is 7.91. The van der Waals surface area contributed by atoms with E-state index in [9.17, 15) is 17.2 Å². The summed E-state index contributed by atoms with van der Waals surface area (Å²) in [4.78, 5) is 6.89. The van der Waals surface area contributed by atoms with Crippen LogP contribution >= 0.6 is 0 Å². The number of hydrogen-bond acceptors (Lipinski definition) is 5. The van der Waals surface area contributed by atoms with E-state index < -0.39 is 21.5 Å². The van der Waals surface area contributed by atoms with Gasteiger partial charge in [-0.3, -0.25) is 4.90 Å². The van der Waals surface area contributed by atoms with Crippen molar-refractivity contribution in [2.45, 2.75) is 30.7 Å². The van der Waals surface area contributed by atoms with Gasteiger partial charge in [0.15, 0.2) is 32.9 Å². The molecule has 5 nitrogen and oxygen atoms in total. The summed E-state index contributed by atoms with van der Waals surface area (Å²) in [6.07, 6.45) is 0.830. The van der Waals surface area contributed by atoms with Crippen molar-refractivity contribution in [3.63, 3.8) is 0 Å². The van der Waals surface area contributed by atoms with Crippen LogP contribution in [0.25, 0.3) is 11.1 Å². The van der Waals surface area contributed by atoms with E-state index in [0.29, 0.717) is 35.6 Å². The van der Waals surface area contributed by atoms with Crippen LogP contribution in [-0.4, -0.2) is 37.1 Å². The predicted molar refractivity (Wildman–Crippen MR) is 101 cm³/mol. The van der Waals surface area contributed by atoms with Crippen molar-refractivity contribution >= 4 is 20.9 Å². The van der Waals surface area contributed by atoms with Crippen LogP contribution in [0.5, 0.6) is 0 Å². The molecule has 0 N–H and O–H groups in total.